The van der Waals surface area contributed by atoms with Crippen LogP contribution in [0.2, 0.25) is 0 Å². The topological polar surface area (TPSA) is 65.2 Å². The molecule has 1 aromatic carbocycles. The van der Waals surface area contributed by atoms with Crippen LogP contribution in [0.1, 0.15) is 12.0 Å². The van der Waals surface area contributed by atoms with Crippen molar-refractivity contribution in [1.29, 1.82) is 0 Å². The van der Waals surface area contributed by atoms with Gasteiger partial charge >= 0.3 is 6.03 Å². The molecule has 1 aliphatic heterocycles. The number of fused-ring (bicyclic) bond motifs is 1. The number of nitrogens with one attached hydrogen (secondary N) is 2. The maximum absolute atomic E-state index is 12.5. The van der Waals surface area contributed by atoms with Crippen molar-refractivity contribution in [2.75, 3.05) is 6.54 Å². The molecule has 0 spiro atoms. The average molecular weight is 352 g/mol. The van der Waals surface area contributed by atoms with Gasteiger partial charge in [-0.05, 0) is 18.1 Å². The Balaban J connectivity index is 1.50. The summed E-state index contributed by atoms with van der Waals surface area (Å²) in [4.78, 5) is 29.0. The van der Waals surface area contributed by atoms with Crippen LogP contribution >= 0.6 is 23.2 Å². The van der Waals surface area contributed by atoms with Crippen LogP contribution in [0.15, 0.2) is 30.5 Å². The number of H-pyrrole nitrogens is 1. The fourth-order valence-electron chi connectivity index (χ4n) is 3.10. The Labute approximate surface area is 142 Å². The number of hydrogen-bond donors (Lipinski definition) is 2. The van der Waals surface area contributed by atoms with Gasteiger partial charge in [-0.25, -0.2) is 4.79 Å². The molecule has 2 heterocycles. The number of aromatic amines is 1. The normalized spacial score (nSPS) is 25.9. The minimum absolute atomic E-state index is 0.0348. The zero-order chi connectivity index (χ0) is 16.2. The Kier molecular flexibility index (Phi) is 3.32. The highest BCUT2D eigenvalue weighted by atomic mass is 35.5. The van der Waals surface area contributed by atoms with Crippen LogP contribution < -0.4 is 5.32 Å². The predicted octanol–water partition coefficient (Wildman–Crippen LogP) is 2.82. The smallest absolute Gasteiger partial charge is 0.324 e. The minimum Gasteiger partial charge on any atom is -0.361 e. The summed E-state index contributed by atoms with van der Waals surface area (Å²) in [6.45, 7) is 0.280. The second-order valence-corrected chi connectivity index (χ2v) is 7.72. The number of benzene rings is 1. The number of aromatic nitrogens is 1. The van der Waals surface area contributed by atoms with Crippen molar-refractivity contribution in [3.05, 3.63) is 36.0 Å². The monoisotopic (exact) mass is 351 g/mol. The summed E-state index contributed by atoms with van der Waals surface area (Å²) < 4.78 is -0.796. The van der Waals surface area contributed by atoms with Crippen LogP contribution in [0.3, 0.4) is 0 Å². The molecule has 2 fully saturated rings. The first-order valence-electron chi connectivity index (χ1n) is 7.50. The number of para-hydroxylation sites is 1. The van der Waals surface area contributed by atoms with Crippen LogP contribution in [0.5, 0.6) is 0 Å². The molecule has 4 rings (SSSR count). The van der Waals surface area contributed by atoms with E-state index in [0.29, 0.717) is 12.8 Å². The molecule has 2 aliphatic rings. The molecular formula is C16H15Cl2N3O2. The first kappa shape index (κ1) is 14.8. The third kappa shape index (κ3) is 2.58. The van der Waals surface area contributed by atoms with Crippen molar-refractivity contribution in [2.24, 2.45) is 5.92 Å². The maximum Gasteiger partial charge on any atom is 0.324 e. The van der Waals surface area contributed by atoms with Crippen LogP contribution in [-0.4, -0.2) is 38.7 Å². The zero-order valence-corrected chi connectivity index (χ0v) is 13.7. The summed E-state index contributed by atoms with van der Waals surface area (Å²) in [6, 6.07) is 6.98. The van der Waals surface area contributed by atoms with Gasteiger partial charge in [0.2, 0.25) is 0 Å². The van der Waals surface area contributed by atoms with Crippen LogP contribution in [0, 0.1) is 5.92 Å². The molecule has 7 heteroatoms. The van der Waals surface area contributed by atoms with E-state index in [2.05, 4.69) is 10.3 Å². The number of hydrogen-bond acceptors (Lipinski definition) is 2. The number of halogens is 2. The second kappa shape index (κ2) is 5.14. The number of urea groups is 1. The lowest BCUT2D eigenvalue weighted by Crippen LogP contribution is -2.34. The van der Waals surface area contributed by atoms with Crippen molar-refractivity contribution in [1.82, 2.24) is 15.2 Å². The van der Waals surface area contributed by atoms with E-state index < -0.39 is 10.4 Å². The summed E-state index contributed by atoms with van der Waals surface area (Å²) in [5.41, 5.74) is 2.03. The van der Waals surface area contributed by atoms with E-state index >= 15 is 0 Å². The molecule has 2 atom stereocenters. The average Bonchev–Trinajstić information content (AvgIpc) is 2.83. The number of rotatable bonds is 4. The first-order chi connectivity index (χ1) is 11.0. The summed E-state index contributed by atoms with van der Waals surface area (Å²) in [6.07, 6.45) is 2.96. The fraction of sp³-hybridized carbons (Fsp3) is 0.375. The Morgan fingerprint density at radius 2 is 2.00 bits per heavy atom. The van der Waals surface area contributed by atoms with Crippen LogP contribution in [-0.2, 0) is 11.2 Å². The molecule has 0 radical (unpaired) electrons. The molecule has 1 aliphatic carbocycles. The summed E-state index contributed by atoms with van der Waals surface area (Å²) in [5.74, 6) is -0.247. The lowest BCUT2D eigenvalue weighted by Gasteiger charge is -2.13. The number of carbonyl (C=O) groups is 2. The van der Waals surface area contributed by atoms with Crippen molar-refractivity contribution in [3.8, 4) is 0 Å². The Bertz CT molecular complexity index is 801. The van der Waals surface area contributed by atoms with E-state index in [1.165, 1.54) is 4.90 Å². The fourth-order valence-corrected chi connectivity index (χ4v) is 3.61. The minimum atomic E-state index is -0.796. The predicted molar refractivity (Wildman–Crippen MR) is 88.6 cm³/mol. The summed E-state index contributed by atoms with van der Waals surface area (Å²) in [5, 5.41) is 3.82. The molecule has 1 saturated carbocycles. The number of imide groups is 1. The van der Waals surface area contributed by atoms with E-state index in [-0.39, 0.29) is 24.4 Å². The number of alkyl halides is 2. The third-order valence-electron chi connectivity index (χ3n) is 4.56. The molecule has 1 saturated heterocycles. The van der Waals surface area contributed by atoms with Gasteiger partial charge in [-0.3, -0.25) is 9.69 Å². The van der Waals surface area contributed by atoms with E-state index in [0.717, 1.165) is 16.5 Å². The largest absolute Gasteiger partial charge is 0.361 e. The zero-order valence-electron chi connectivity index (χ0n) is 12.2. The number of carbonyl (C=O) groups excluding carboxylic acids is 2. The number of amides is 3. The summed E-state index contributed by atoms with van der Waals surface area (Å²) >= 11 is 12.0. The third-order valence-corrected chi connectivity index (χ3v) is 5.49. The Hall–Kier alpha value is -1.72. The van der Waals surface area contributed by atoms with Gasteiger partial charge in [0.1, 0.15) is 10.4 Å². The van der Waals surface area contributed by atoms with Gasteiger partial charge in [-0.1, -0.05) is 18.2 Å². The lowest BCUT2D eigenvalue weighted by atomic mass is 10.1. The maximum atomic E-state index is 12.5. The molecule has 5 nitrogen and oxygen atoms in total. The standard InChI is InChI=1S/C16H15Cl2N3O2/c17-16(18)6-10(16)8-21-14(22)13(20-15(21)23)5-9-7-19-12-4-2-1-3-11(9)12/h1-4,7,10,13,19H,5-6,8H2,(H,20,23)/t10-,13-/m0/s1. The Morgan fingerprint density at radius 3 is 2.74 bits per heavy atom. The van der Waals surface area contributed by atoms with E-state index in [4.69, 9.17) is 23.2 Å². The molecule has 2 aromatic rings. The molecule has 0 unspecified atom stereocenters. The van der Waals surface area contributed by atoms with Gasteiger partial charge in [0, 0.05) is 36.0 Å². The highest BCUT2D eigenvalue weighted by molar-refractivity contribution is 6.50. The molecule has 23 heavy (non-hydrogen) atoms. The van der Waals surface area contributed by atoms with Gasteiger partial charge in [0.05, 0.1) is 0 Å². The van der Waals surface area contributed by atoms with Gasteiger partial charge in [0.15, 0.2) is 0 Å². The Morgan fingerprint density at radius 1 is 1.26 bits per heavy atom. The molecule has 1 aromatic heterocycles. The molecule has 0 bridgehead atoms. The van der Waals surface area contributed by atoms with E-state index in [1.54, 1.807) is 0 Å². The van der Waals surface area contributed by atoms with Crippen molar-refractivity contribution >= 4 is 46.0 Å². The van der Waals surface area contributed by atoms with Crippen LogP contribution in [0.25, 0.3) is 10.9 Å². The first-order valence-corrected chi connectivity index (χ1v) is 8.26. The molecule has 120 valence electrons. The highest BCUT2D eigenvalue weighted by Gasteiger charge is 2.54. The van der Waals surface area contributed by atoms with Crippen molar-refractivity contribution < 1.29 is 9.59 Å². The van der Waals surface area contributed by atoms with E-state index in [9.17, 15) is 9.59 Å². The van der Waals surface area contributed by atoms with Gasteiger partial charge in [-0.2, -0.15) is 0 Å². The van der Waals surface area contributed by atoms with Crippen LogP contribution in [0.4, 0.5) is 4.79 Å². The molecule has 3 amide bonds. The van der Waals surface area contributed by atoms with E-state index in [1.807, 2.05) is 30.5 Å². The van der Waals surface area contributed by atoms with Crippen molar-refractivity contribution in [3.63, 3.8) is 0 Å². The number of nitrogens with zero attached hydrogens (tertiary/aromatic N) is 1. The SMILES string of the molecule is O=C1N[C@@H](Cc2c[nH]c3ccccc23)C(=O)N1C[C@@H]1CC1(Cl)Cl. The molecular weight excluding hydrogens is 337 g/mol. The van der Waals surface area contributed by atoms with Gasteiger partial charge < -0.3 is 10.3 Å². The quantitative estimate of drug-likeness (QED) is 0.657. The molecule has 2 N–H and O–H groups in total. The highest BCUT2D eigenvalue weighted by Crippen LogP contribution is 2.53. The van der Waals surface area contributed by atoms with Gasteiger partial charge in [0.25, 0.3) is 5.91 Å². The lowest BCUT2D eigenvalue weighted by molar-refractivity contribution is -0.127. The summed E-state index contributed by atoms with van der Waals surface area (Å²) in [7, 11) is 0. The van der Waals surface area contributed by atoms with Gasteiger partial charge in [-0.15, -0.1) is 23.2 Å². The van der Waals surface area contributed by atoms with Crippen molar-refractivity contribution in [2.45, 2.75) is 23.2 Å². The second-order valence-electron chi connectivity index (χ2n) is 6.18.